The Balaban J connectivity index is 1.66. The van der Waals surface area contributed by atoms with Gasteiger partial charge in [0, 0.05) is 6.04 Å². The van der Waals surface area contributed by atoms with E-state index in [0.717, 1.165) is 24.4 Å². The smallest absolute Gasteiger partial charge is 0.0623 e. The molecule has 15 heavy (non-hydrogen) atoms. The average Bonchev–Trinajstić information content (AvgIpc) is 3.03. The van der Waals surface area contributed by atoms with Gasteiger partial charge in [-0.3, -0.25) is 0 Å². The van der Waals surface area contributed by atoms with E-state index in [4.69, 9.17) is 10.5 Å². The molecule has 0 aliphatic heterocycles. The summed E-state index contributed by atoms with van der Waals surface area (Å²) in [6.45, 7) is 5.49. The summed E-state index contributed by atoms with van der Waals surface area (Å²) in [6.07, 6.45) is 6.93. The maximum Gasteiger partial charge on any atom is 0.0623 e. The third-order valence-corrected chi connectivity index (χ3v) is 4.30. The fourth-order valence-corrected chi connectivity index (χ4v) is 2.56. The minimum Gasteiger partial charge on any atom is -0.377 e. The quantitative estimate of drug-likeness (QED) is 0.775. The highest BCUT2D eigenvalue weighted by molar-refractivity contribution is 4.84. The number of hydrogen-bond donors (Lipinski definition) is 1. The Morgan fingerprint density at radius 2 is 1.87 bits per heavy atom. The molecule has 4 unspecified atom stereocenters. The zero-order valence-electron chi connectivity index (χ0n) is 10.1. The molecule has 0 aromatic rings. The normalized spacial score (nSPS) is 39.0. The van der Waals surface area contributed by atoms with Crippen molar-refractivity contribution in [2.75, 3.05) is 6.61 Å². The molecule has 0 saturated heterocycles. The van der Waals surface area contributed by atoms with Crippen LogP contribution in [0.1, 0.15) is 46.0 Å². The first kappa shape index (κ1) is 11.4. The third-order valence-electron chi connectivity index (χ3n) is 4.30. The Hall–Kier alpha value is -0.0800. The van der Waals surface area contributed by atoms with Crippen molar-refractivity contribution in [3.05, 3.63) is 0 Å². The van der Waals surface area contributed by atoms with Crippen molar-refractivity contribution in [2.45, 2.75) is 58.1 Å². The second-order valence-electron chi connectivity index (χ2n) is 5.72. The molecule has 4 atom stereocenters. The van der Waals surface area contributed by atoms with Crippen molar-refractivity contribution in [1.29, 1.82) is 0 Å². The molecule has 0 aromatic carbocycles. The molecule has 2 rings (SSSR count). The first-order valence-corrected chi connectivity index (χ1v) is 6.54. The summed E-state index contributed by atoms with van der Waals surface area (Å²) in [4.78, 5) is 0. The lowest BCUT2D eigenvalue weighted by Gasteiger charge is -2.32. The second-order valence-corrected chi connectivity index (χ2v) is 5.72. The Bertz CT molecular complexity index is 203. The van der Waals surface area contributed by atoms with Crippen LogP contribution in [0.5, 0.6) is 0 Å². The number of rotatable bonds is 4. The molecule has 2 N–H and O–H groups in total. The van der Waals surface area contributed by atoms with E-state index < -0.39 is 0 Å². The molecule has 88 valence electrons. The number of ether oxygens (including phenoxy) is 1. The van der Waals surface area contributed by atoms with Gasteiger partial charge in [-0.1, -0.05) is 13.8 Å². The molecule has 0 bridgehead atoms. The summed E-state index contributed by atoms with van der Waals surface area (Å²) in [5.74, 6) is 2.47. The number of hydrogen-bond acceptors (Lipinski definition) is 2. The zero-order valence-corrected chi connectivity index (χ0v) is 10.1. The molecule has 2 fully saturated rings. The Morgan fingerprint density at radius 3 is 2.47 bits per heavy atom. The molecule has 2 aliphatic rings. The molecule has 0 amide bonds. The molecule has 2 nitrogen and oxygen atoms in total. The minimum absolute atomic E-state index is 0.305. The molecule has 0 heterocycles. The molecule has 2 aliphatic carbocycles. The van der Waals surface area contributed by atoms with Gasteiger partial charge in [0.05, 0.1) is 12.7 Å². The van der Waals surface area contributed by atoms with E-state index in [1.54, 1.807) is 0 Å². The predicted octanol–water partition coefficient (Wildman–Crippen LogP) is 2.57. The fourth-order valence-electron chi connectivity index (χ4n) is 2.56. The molecular weight excluding hydrogens is 186 g/mol. The average molecular weight is 211 g/mol. The van der Waals surface area contributed by atoms with Crippen LogP contribution in [-0.2, 0) is 4.74 Å². The van der Waals surface area contributed by atoms with Crippen LogP contribution in [0.3, 0.4) is 0 Å². The van der Waals surface area contributed by atoms with Gasteiger partial charge in [-0.05, 0) is 49.9 Å². The van der Waals surface area contributed by atoms with Gasteiger partial charge in [-0.25, -0.2) is 0 Å². The van der Waals surface area contributed by atoms with Crippen LogP contribution in [0.15, 0.2) is 0 Å². The molecule has 0 aromatic heterocycles. The second kappa shape index (κ2) is 4.84. The van der Waals surface area contributed by atoms with Crippen molar-refractivity contribution < 1.29 is 4.74 Å². The summed E-state index contributed by atoms with van der Waals surface area (Å²) >= 11 is 0. The third kappa shape index (κ3) is 3.18. The van der Waals surface area contributed by atoms with Gasteiger partial charge in [0.15, 0.2) is 0 Å². The van der Waals surface area contributed by atoms with Crippen LogP contribution in [0.25, 0.3) is 0 Å². The molecule has 2 saturated carbocycles. The lowest BCUT2D eigenvalue weighted by molar-refractivity contribution is -0.00540. The first-order valence-electron chi connectivity index (χ1n) is 6.54. The molecule has 0 spiro atoms. The standard InChI is InChI=1S/C13H25NO/c1-9-3-6-12(7-10(9)2)15-8-13(14)11-4-5-11/h9-13H,3-8,14H2,1-2H3. The van der Waals surface area contributed by atoms with Crippen molar-refractivity contribution in [1.82, 2.24) is 0 Å². The van der Waals surface area contributed by atoms with Crippen LogP contribution in [0.4, 0.5) is 0 Å². The maximum absolute atomic E-state index is 6.03. The van der Waals surface area contributed by atoms with E-state index in [9.17, 15) is 0 Å². The minimum atomic E-state index is 0.305. The lowest BCUT2D eigenvalue weighted by Crippen LogP contribution is -2.33. The monoisotopic (exact) mass is 211 g/mol. The number of nitrogens with two attached hydrogens (primary N) is 1. The summed E-state index contributed by atoms with van der Waals surface area (Å²) < 4.78 is 5.94. The van der Waals surface area contributed by atoms with Crippen molar-refractivity contribution in [2.24, 2.45) is 23.5 Å². The lowest BCUT2D eigenvalue weighted by atomic mass is 9.80. The van der Waals surface area contributed by atoms with Crippen molar-refractivity contribution in [3.8, 4) is 0 Å². The van der Waals surface area contributed by atoms with E-state index >= 15 is 0 Å². The zero-order chi connectivity index (χ0) is 10.8. The largest absolute Gasteiger partial charge is 0.377 e. The van der Waals surface area contributed by atoms with Gasteiger partial charge < -0.3 is 10.5 Å². The van der Waals surface area contributed by atoms with E-state index in [2.05, 4.69) is 13.8 Å². The molecular formula is C13H25NO. The predicted molar refractivity (Wildman–Crippen MR) is 62.6 cm³/mol. The highest BCUT2D eigenvalue weighted by Gasteiger charge is 2.30. The Kier molecular flexibility index (Phi) is 3.68. The molecule has 0 radical (unpaired) electrons. The topological polar surface area (TPSA) is 35.2 Å². The van der Waals surface area contributed by atoms with E-state index in [-0.39, 0.29) is 0 Å². The summed E-state index contributed by atoms with van der Waals surface area (Å²) in [5, 5.41) is 0. The van der Waals surface area contributed by atoms with Gasteiger partial charge in [-0.2, -0.15) is 0 Å². The van der Waals surface area contributed by atoms with Crippen molar-refractivity contribution >= 4 is 0 Å². The highest BCUT2D eigenvalue weighted by atomic mass is 16.5. The molecule has 2 heteroatoms. The van der Waals surface area contributed by atoms with Gasteiger partial charge in [0.1, 0.15) is 0 Å². The highest BCUT2D eigenvalue weighted by Crippen LogP contribution is 2.33. The van der Waals surface area contributed by atoms with Gasteiger partial charge in [0.25, 0.3) is 0 Å². The fraction of sp³-hybridized carbons (Fsp3) is 1.00. The Morgan fingerprint density at radius 1 is 1.13 bits per heavy atom. The van der Waals surface area contributed by atoms with Gasteiger partial charge >= 0.3 is 0 Å². The van der Waals surface area contributed by atoms with Crippen LogP contribution < -0.4 is 5.73 Å². The van der Waals surface area contributed by atoms with E-state index in [0.29, 0.717) is 12.1 Å². The van der Waals surface area contributed by atoms with Crippen LogP contribution in [0.2, 0.25) is 0 Å². The summed E-state index contributed by atoms with van der Waals surface area (Å²) in [6, 6.07) is 0.305. The first-order chi connectivity index (χ1) is 7.16. The van der Waals surface area contributed by atoms with E-state index in [1.807, 2.05) is 0 Å². The summed E-state index contributed by atoms with van der Waals surface area (Å²) in [7, 11) is 0. The summed E-state index contributed by atoms with van der Waals surface area (Å²) in [5.41, 5.74) is 6.03. The Labute approximate surface area is 93.6 Å². The van der Waals surface area contributed by atoms with Gasteiger partial charge in [0.2, 0.25) is 0 Å². The van der Waals surface area contributed by atoms with Crippen molar-refractivity contribution in [3.63, 3.8) is 0 Å². The SMILES string of the molecule is CC1CCC(OCC(N)C2CC2)CC1C. The van der Waals surface area contributed by atoms with Crippen LogP contribution >= 0.6 is 0 Å². The maximum atomic E-state index is 6.03. The van der Waals surface area contributed by atoms with Gasteiger partial charge in [-0.15, -0.1) is 0 Å². The van der Waals surface area contributed by atoms with Crippen LogP contribution in [0, 0.1) is 17.8 Å². The van der Waals surface area contributed by atoms with E-state index in [1.165, 1.54) is 32.1 Å². The van der Waals surface area contributed by atoms with Crippen LogP contribution in [-0.4, -0.2) is 18.8 Å².